The minimum absolute atomic E-state index is 0.0255. The third-order valence-electron chi connectivity index (χ3n) is 5.54. The zero-order valence-electron chi connectivity index (χ0n) is 17.4. The fourth-order valence-corrected chi connectivity index (χ4v) is 5.39. The first kappa shape index (κ1) is 22.0. The quantitative estimate of drug-likeness (QED) is 0.641. The molecule has 0 bridgehead atoms. The molecule has 1 atom stereocenters. The van der Waals surface area contributed by atoms with Crippen molar-refractivity contribution in [3.63, 3.8) is 0 Å². The van der Waals surface area contributed by atoms with Crippen molar-refractivity contribution in [1.82, 2.24) is 0 Å². The fourth-order valence-electron chi connectivity index (χ4n) is 3.69. The standard InChI is InChI=1S/C23H24N2O6S/c26-21(25(19-4-2-1-3-5-19)20-12-13-32(29,30)15-20)14-31-23(28)17-8-10-18(11-9-17)24-22(27)16-6-7-16/h1-5,8-11,16,20H,6-7,12-15H2,(H,24,27)/t20-/m1/s1. The second kappa shape index (κ2) is 9.12. The van der Waals surface area contributed by atoms with E-state index in [0.29, 0.717) is 17.8 Å². The molecule has 1 aliphatic carbocycles. The van der Waals surface area contributed by atoms with Gasteiger partial charge >= 0.3 is 5.97 Å². The van der Waals surface area contributed by atoms with E-state index in [0.717, 1.165) is 12.8 Å². The zero-order chi connectivity index (χ0) is 22.7. The number of sulfone groups is 1. The summed E-state index contributed by atoms with van der Waals surface area (Å²) >= 11 is 0. The number of hydrogen-bond donors (Lipinski definition) is 1. The van der Waals surface area contributed by atoms with Gasteiger partial charge in [0.25, 0.3) is 5.91 Å². The van der Waals surface area contributed by atoms with Crippen LogP contribution in [-0.4, -0.2) is 50.4 Å². The first-order valence-corrected chi connectivity index (χ1v) is 12.3. The maximum Gasteiger partial charge on any atom is 0.338 e. The number of nitrogens with zero attached hydrogens (tertiary/aromatic N) is 1. The molecule has 1 saturated carbocycles. The Kier molecular flexibility index (Phi) is 6.27. The first-order chi connectivity index (χ1) is 15.3. The molecule has 8 nitrogen and oxygen atoms in total. The van der Waals surface area contributed by atoms with Gasteiger partial charge < -0.3 is 15.0 Å². The summed E-state index contributed by atoms with van der Waals surface area (Å²) in [6, 6.07) is 14.5. The fraction of sp³-hybridized carbons (Fsp3) is 0.348. The van der Waals surface area contributed by atoms with E-state index >= 15 is 0 Å². The van der Waals surface area contributed by atoms with Gasteiger partial charge in [-0.25, -0.2) is 13.2 Å². The van der Waals surface area contributed by atoms with E-state index < -0.39 is 34.4 Å². The van der Waals surface area contributed by atoms with Crippen LogP contribution in [0.2, 0.25) is 0 Å². The summed E-state index contributed by atoms with van der Waals surface area (Å²) in [5, 5.41) is 2.79. The molecule has 2 amide bonds. The third-order valence-corrected chi connectivity index (χ3v) is 7.29. The lowest BCUT2D eigenvalue weighted by Crippen LogP contribution is -2.43. The summed E-state index contributed by atoms with van der Waals surface area (Å²) in [6.45, 7) is -0.509. The van der Waals surface area contributed by atoms with Crippen molar-refractivity contribution in [3.8, 4) is 0 Å². The van der Waals surface area contributed by atoms with Gasteiger partial charge in [-0.3, -0.25) is 9.59 Å². The maximum atomic E-state index is 12.9. The smallest absolute Gasteiger partial charge is 0.338 e. The van der Waals surface area contributed by atoms with Gasteiger partial charge in [0.05, 0.1) is 23.1 Å². The van der Waals surface area contributed by atoms with Crippen LogP contribution in [0.15, 0.2) is 54.6 Å². The number of carbonyl (C=O) groups excluding carboxylic acids is 3. The predicted molar refractivity (Wildman–Crippen MR) is 119 cm³/mol. The Morgan fingerprint density at radius 1 is 0.969 bits per heavy atom. The number of para-hydroxylation sites is 1. The number of hydrogen-bond acceptors (Lipinski definition) is 6. The molecule has 0 aromatic heterocycles. The molecule has 2 aromatic carbocycles. The lowest BCUT2D eigenvalue weighted by atomic mass is 10.2. The number of ether oxygens (including phenoxy) is 1. The van der Waals surface area contributed by atoms with E-state index in [4.69, 9.17) is 4.74 Å². The average molecular weight is 457 g/mol. The molecule has 4 rings (SSSR count). The van der Waals surface area contributed by atoms with E-state index in [9.17, 15) is 22.8 Å². The molecule has 2 fully saturated rings. The van der Waals surface area contributed by atoms with Crippen LogP contribution >= 0.6 is 0 Å². The molecule has 1 N–H and O–H groups in total. The third kappa shape index (κ3) is 5.34. The van der Waals surface area contributed by atoms with Crippen molar-refractivity contribution in [1.29, 1.82) is 0 Å². The maximum absolute atomic E-state index is 12.9. The molecule has 1 saturated heterocycles. The molecule has 2 aromatic rings. The highest BCUT2D eigenvalue weighted by atomic mass is 32.2. The number of carbonyl (C=O) groups is 3. The Hall–Kier alpha value is -3.20. The molecule has 9 heteroatoms. The van der Waals surface area contributed by atoms with Crippen LogP contribution in [0.1, 0.15) is 29.6 Å². The Morgan fingerprint density at radius 3 is 2.25 bits per heavy atom. The summed E-state index contributed by atoms with van der Waals surface area (Å²) in [7, 11) is -3.20. The van der Waals surface area contributed by atoms with Gasteiger partial charge in [0.15, 0.2) is 16.4 Å². The van der Waals surface area contributed by atoms with Gasteiger partial charge in [-0.2, -0.15) is 0 Å². The molecule has 32 heavy (non-hydrogen) atoms. The number of benzene rings is 2. The molecule has 1 heterocycles. The van der Waals surface area contributed by atoms with Gasteiger partial charge in [0.1, 0.15) is 0 Å². The van der Waals surface area contributed by atoms with Crippen LogP contribution in [0.25, 0.3) is 0 Å². The topological polar surface area (TPSA) is 110 Å². The Labute approximate surface area is 186 Å². The van der Waals surface area contributed by atoms with Crippen molar-refractivity contribution in [3.05, 3.63) is 60.2 Å². The number of amides is 2. The predicted octanol–water partition coefficient (Wildman–Crippen LogP) is 2.41. The molecular formula is C23H24N2O6S. The molecule has 168 valence electrons. The SMILES string of the molecule is O=C(OCC(=O)N(c1ccccc1)[C@@H]1CCS(=O)(=O)C1)c1ccc(NC(=O)C2CC2)cc1. The van der Waals surface area contributed by atoms with Crippen molar-refractivity contribution in [2.75, 3.05) is 28.3 Å². The molecule has 0 spiro atoms. The Bertz CT molecular complexity index is 1110. The molecule has 0 radical (unpaired) electrons. The second-order valence-electron chi connectivity index (χ2n) is 8.07. The monoisotopic (exact) mass is 456 g/mol. The summed E-state index contributed by atoms with van der Waals surface area (Å²) < 4.78 is 29.1. The number of esters is 1. The highest BCUT2D eigenvalue weighted by Crippen LogP contribution is 2.30. The van der Waals surface area contributed by atoms with Crippen LogP contribution < -0.4 is 10.2 Å². The molecule has 2 aliphatic rings. The van der Waals surface area contributed by atoms with Crippen LogP contribution in [0.5, 0.6) is 0 Å². The summed E-state index contributed by atoms with van der Waals surface area (Å²) in [5.41, 5.74) is 1.40. The number of nitrogens with one attached hydrogen (secondary N) is 1. The normalized spacial score (nSPS) is 19.2. The van der Waals surface area contributed by atoms with E-state index in [-0.39, 0.29) is 28.9 Å². The van der Waals surface area contributed by atoms with Gasteiger partial charge in [-0.05, 0) is 55.7 Å². The van der Waals surface area contributed by atoms with E-state index in [1.54, 1.807) is 42.5 Å². The number of rotatable bonds is 7. The van der Waals surface area contributed by atoms with Gasteiger partial charge in [0.2, 0.25) is 5.91 Å². The second-order valence-corrected chi connectivity index (χ2v) is 10.3. The largest absolute Gasteiger partial charge is 0.452 e. The lowest BCUT2D eigenvalue weighted by Gasteiger charge is -2.28. The summed E-state index contributed by atoms with van der Waals surface area (Å²) in [5.74, 6) is -1.20. The molecular weight excluding hydrogens is 432 g/mol. The minimum Gasteiger partial charge on any atom is -0.452 e. The van der Waals surface area contributed by atoms with E-state index in [1.807, 2.05) is 0 Å². The summed E-state index contributed by atoms with van der Waals surface area (Å²) in [4.78, 5) is 38.6. The average Bonchev–Trinajstić information content (AvgIpc) is 3.57. The van der Waals surface area contributed by atoms with Crippen LogP contribution in [0, 0.1) is 5.92 Å². The van der Waals surface area contributed by atoms with Crippen molar-refractivity contribution in [2.24, 2.45) is 5.92 Å². The Balaban J connectivity index is 1.39. The molecule has 1 aliphatic heterocycles. The first-order valence-electron chi connectivity index (χ1n) is 10.5. The van der Waals surface area contributed by atoms with E-state index in [2.05, 4.69) is 5.32 Å². The number of anilines is 2. The highest BCUT2D eigenvalue weighted by Gasteiger charge is 2.36. The van der Waals surface area contributed by atoms with Crippen molar-refractivity contribution in [2.45, 2.75) is 25.3 Å². The van der Waals surface area contributed by atoms with Crippen LogP contribution in [0.3, 0.4) is 0 Å². The van der Waals surface area contributed by atoms with Crippen molar-refractivity contribution < 1.29 is 27.5 Å². The van der Waals surface area contributed by atoms with Crippen molar-refractivity contribution >= 4 is 39.0 Å². The minimum atomic E-state index is -3.20. The lowest BCUT2D eigenvalue weighted by molar-refractivity contribution is -0.122. The van der Waals surface area contributed by atoms with Gasteiger partial charge in [-0.1, -0.05) is 18.2 Å². The van der Waals surface area contributed by atoms with Crippen LogP contribution in [0.4, 0.5) is 11.4 Å². The van der Waals surface area contributed by atoms with Gasteiger partial charge in [0, 0.05) is 17.3 Å². The Morgan fingerprint density at radius 2 is 1.66 bits per heavy atom. The van der Waals surface area contributed by atoms with E-state index in [1.165, 1.54) is 17.0 Å². The summed E-state index contributed by atoms with van der Waals surface area (Å²) in [6.07, 6.45) is 2.14. The highest BCUT2D eigenvalue weighted by molar-refractivity contribution is 7.91. The molecule has 0 unspecified atom stereocenters. The zero-order valence-corrected chi connectivity index (χ0v) is 18.2. The van der Waals surface area contributed by atoms with Crippen LogP contribution in [-0.2, 0) is 24.2 Å². The van der Waals surface area contributed by atoms with Gasteiger partial charge in [-0.15, -0.1) is 0 Å².